The van der Waals surface area contributed by atoms with Gasteiger partial charge < -0.3 is 24.3 Å². The highest BCUT2D eigenvalue weighted by molar-refractivity contribution is 5.76. The average molecular weight is 357 g/mol. The third-order valence-corrected chi connectivity index (χ3v) is 4.04. The van der Waals surface area contributed by atoms with Crippen molar-refractivity contribution in [3.05, 3.63) is 48.0 Å². The lowest BCUT2D eigenvalue weighted by atomic mass is 10.1. The summed E-state index contributed by atoms with van der Waals surface area (Å²) in [6.07, 6.45) is 1.06. The van der Waals surface area contributed by atoms with E-state index in [0.29, 0.717) is 19.4 Å². The third kappa shape index (κ3) is 4.81. The fourth-order valence-corrected chi connectivity index (χ4v) is 2.64. The molecular weight excluding hydrogens is 334 g/mol. The molecule has 138 valence electrons. The number of hydrogen-bond donors (Lipinski definition) is 1. The van der Waals surface area contributed by atoms with Gasteiger partial charge in [-0.2, -0.15) is 0 Å². The number of benzene rings is 2. The standard InChI is InChI=1S/C20H23NO5/c1-14(12-24-17-7-5-16(23-2)6-8-17)21-20(22)10-4-15-3-9-18-19(11-15)26-13-25-18/h3,5-9,11,14H,4,10,12-13H2,1-2H3,(H,21,22)/t14-/m1/s1. The van der Waals surface area contributed by atoms with Crippen LogP contribution in [0.5, 0.6) is 23.0 Å². The van der Waals surface area contributed by atoms with E-state index in [0.717, 1.165) is 28.6 Å². The summed E-state index contributed by atoms with van der Waals surface area (Å²) >= 11 is 0. The zero-order chi connectivity index (χ0) is 18.4. The number of hydrogen-bond acceptors (Lipinski definition) is 5. The van der Waals surface area contributed by atoms with Crippen LogP contribution in [0.2, 0.25) is 0 Å². The maximum absolute atomic E-state index is 12.1. The monoisotopic (exact) mass is 357 g/mol. The fraction of sp³-hybridized carbons (Fsp3) is 0.350. The highest BCUT2D eigenvalue weighted by Gasteiger charge is 2.14. The highest BCUT2D eigenvalue weighted by atomic mass is 16.7. The molecule has 0 spiro atoms. The van der Waals surface area contributed by atoms with Gasteiger partial charge in [0, 0.05) is 6.42 Å². The number of ether oxygens (including phenoxy) is 4. The Labute approximate surface area is 153 Å². The first-order valence-corrected chi connectivity index (χ1v) is 8.59. The predicted octanol–water partition coefficient (Wildman–Crippen LogP) is 2.94. The van der Waals surface area contributed by atoms with Crippen molar-refractivity contribution >= 4 is 5.91 Å². The van der Waals surface area contributed by atoms with Gasteiger partial charge in [-0.3, -0.25) is 4.79 Å². The van der Waals surface area contributed by atoms with E-state index in [1.807, 2.05) is 49.4 Å². The van der Waals surface area contributed by atoms with Crippen LogP contribution in [0, 0.1) is 0 Å². The van der Waals surface area contributed by atoms with Crippen LogP contribution in [0.25, 0.3) is 0 Å². The van der Waals surface area contributed by atoms with Crippen LogP contribution in [0.1, 0.15) is 18.9 Å². The first-order valence-electron chi connectivity index (χ1n) is 8.59. The molecule has 0 saturated heterocycles. The lowest BCUT2D eigenvalue weighted by Gasteiger charge is -2.15. The molecule has 0 radical (unpaired) electrons. The zero-order valence-electron chi connectivity index (χ0n) is 15.0. The van der Waals surface area contributed by atoms with Gasteiger partial charge in [-0.25, -0.2) is 0 Å². The van der Waals surface area contributed by atoms with Crippen molar-refractivity contribution in [1.82, 2.24) is 5.32 Å². The maximum atomic E-state index is 12.1. The molecule has 0 aromatic heterocycles. The van der Waals surface area contributed by atoms with Crippen LogP contribution in [0.4, 0.5) is 0 Å². The maximum Gasteiger partial charge on any atom is 0.231 e. The summed E-state index contributed by atoms with van der Waals surface area (Å²) in [6.45, 7) is 2.58. The van der Waals surface area contributed by atoms with Gasteiger partial charge in [0.2, 0.25) is 12.7 Å². The summed E-state index contributed by atoms with van der Waals surface area (Å²) < 4.78 is 21.4. The SMILES string of the molecule is COc1ccc(OC[C@@H](C)NC(=O)CCc2ccc3c(c2)OCO3)cc1. The zero-order valence-corrected chi connectivity index (χ0v) is 15.0. The van der Waals surface area contributed by atoms with Crippen molar-refractivity contribution in [2.45, 2.75) is 25.8 Å². The van der Waals surface area contributed by atoms with Gasteiger partial charge in [-0.1, -0.05) is 6.07 Å². The van der Waals surface area contributed by atoms with Crippen molar-refractivity contribution < 1.29 is 23.7 Å². The lowest BCUT2D eigenvalue weighted by molar-refractivity contribution is -0.121. The smallest absolute Gasteiger partial charge is 0.231 e. The minimum absolute atomic E-state index is 0.00602. The molecule has 2 aromatic carbocycles. The van der Waals surface area contributed by atoms with Crippen LogP contribution in [0.3, 0.4) is 0 Å². The highest BCUT2D eigenvalue weighted by Crippen LogP contribution is 2.32. The van der Waals surface area contributed by atoms with E-state index < -0.39 is 0 Å². The van der Waals surface area contributed by atoms with E-state index in [4.69, 9.17) is 18.9 Å². The Morgan fingerprint density at radius 2 is 1.85 bits per heavy atom. The molecule has 26 heavy (non-hydrogen) atoms. The topological polar surface area (TPSA) is 66.0 Å². The molecule has 1 aliphatic heterocycles. The predicted molar refractivity (Wildman–Crippen MR) is 97.0 cm³/mol. The Bertz CT molecular complexity index is 744. The lowest BCUT2D eigenvalue weighted by Crippen LogP contribution is -2.36. The number of fused-ring (bicyclic) bond motifs is 1. The van der Waals surface area contributed by atoms with Crippen LogP contribution in [0.15, 0.2) is 42.5 Å². The Morgan fingerprint density at radius 3 is 2.62 bits per heavy atom. The van der Waals surface area contributed by atoms with Crippen molar-refractivity contribution in [3.63, 3.8) is 0 Å². The van der Waals surface area contributed by atoms with E-state index in [2.05, 4.69) is 5.32 Å². The van der Waals surface area contributed by atoms with E-state index in [9.17, 15) is 4.79 Å². The molecule has 0 aliphatic carbocycles. The van der Waals surface area contributed by atoms with Crippen molar-refractivity contribution in [2.24, 2.45) is 0 Å². The summed E-state index contributed by atoms with van der Waals surface area (Å²) in [6, 6.07) is 13.0. The molecule has 1 heterocycles. The molecule has 2 aromatic rings. The Kier molecular flexibility index (Phi) is 5.84. The van der Waals surface area contributed by atoms with Crippen LogP contribution < -0.4 is 24.3 Å². The molecule has 1 N–H and O–H groups in total. The molecule has 0 unspecified atom stereocenters. The van der Waals surface area contributed by atoms with Gasteiger partial charge >= 0.3 is 0 Å². The largest absolute Gasteiger partial charge is 0.497 e. The van der Waals surface area contributed by atoms with E-state index >= 15 is 0 Å². The average Bonchev–Trinajstić information content (AvgIpc) is 3.13. The van der Waals surface area contributed by atoms with Gasteiger partial charge in [0.05, 0.1) is 13.2 Å². The van der Waals surface area contributed by atoms with Crippen molar-refractivity contribution in [1.29, 1.82) is 0 Å². The minimum Gasteiger partial charge on any atom is -0.497 e. The molecule has 0 saturated carbocycles. The first kappa shape index (κ1) is 17.9. The van der Waals surface area contributed by atoms with E-state index in [1.165, 1.54) is 0 Å². The summed E-state index contributed by atoms with van der Waals surface area (Å²) in [5.41, 5.74) is 1.05. The van der Waals surface area contributed by atoms with Crippen molar-refractivity contribution in [3.8, 4) is 23.0 Å². The second kappa shape index (κ2) is 8.47. The molecule has 6 nitrogen and oxygen atoms in total. The van der Waals surface area contributed by atoms with Gasteiger partial charge in [-0.15, -0.1) is 0 Å². The third-order valence-electron chi connectivity index (χ3n) is 4.04. The molecule has 6 heteroatoms. The van der Waals surface area contributed by atoms with Gasteiger partial charge in [-0.05, 0) is 55.3 Å². The van der Waals surface area contributed by atoms with E-state index in [-0.39, 0.29) is 18.7 Å². The summed E-state index contributed by atoms with van der Waals surface area (Å²) in [4.78, 5) is 12.1. The summed E-state index contributed by atoms with van der Waals surface area (Å²) in [5, 5.41) is 2.95. The van der Waals surface area contributed by atoms with Gasteiger partial charge in [0.15, 0.2) is 11.5 Å². The van der Waals surface area contributed by atoms with Crippen LogP contribution in [-0.2, 0) is 11.2 Å². The first-order chi connectivity index (χ1) is 12.6. The molecular formula is C20H23NO5. The Balaban J connectivity index is 1.39. The molecule has 1 aliphatic rings. The Hall–Kier alpha value is -2.89. The quantitative estimate of drug-likeness (QED) is 0.787. The second-order valence-corrected chi connectivity index (χ2v) is 6.14. The summed E-state index contributed by atoms with van der Waals surface area (Å²) in [7, 11) is 1.62. The van der Waals surface area contributed by atoms with Crippen LogP contribution in [-0.4, -0.2) is 32.5 Å². The molecule has 0 bridgehead atoms. The van der Waals surface area contributed by atoms with E-state index in [1.54, 1.807) is 7.11 Å². The number of nitrogens with one attached hydrogen (secondary N) is 1. The van der Waals surface area contributed by atoms with Gasteiger partial charge in [0.25, 0.3) is 0 Å². The molecule has 1 atom stereocenters. The Morgan fingerprint density at radius 1 is 1.12 bits per heavy atom. The number of rotatable bonds is 8. The number of methoxy groups -OCH3 is 1. The molecule has 0 fully saturated rings. The number of carbonyl (C=O) groups is 1. The van der Waals surface area contributed by atoms with Gasteiger partial charge in [0.1, 0.15) is 18.1 Å². The fourth-order valence-electron chi connectivity index (χ4n) is 2.64. The number of aryl methyl sites for hydroxylation is 1. The van der Waals surface area contributed by atoms with Crippen LogP contribution >= 0.6 is 0 Å². The number of amides is 1. The number of carbonyl (C=O) groups excluding carboxylic acids is 1. The second-order valence-electron chi connectivity index (χ2n) is 6.14. The normalized spacial score (nSPS) is 13.2. The van der Waals surface area contributed by atoms with Crippen molar-refractivity contribution in [2.75, 3.05) is 20.5 Å². The molecule has 1 amide bonds. The molecule has 3 rings (SSSR count). The minimum atomic E-state index is -0.0821. The summed E-state index contributed by atoms with van der Waals surface area (Å²) in [5.74, 6) is 3.01.